The summed E-state index contributed by atoms with van der Waals surface area (Å²) in [6.07, 6.45) is -0.139. The van der Waals surface area contributed by atoms with Crippen LogP contribution in [0.3, 0.4) is 0 Å². The van der Waals surface area contributed by atoms with Crippen molar-refractivity contribution >= 4 is 0 Å². The Kier molecular flexibility index (Phi) is 3.92. The fourth-order valence-electron chi connectivity index (χ4n) is 1.42. The summed E-state index contributed by atoms with van der Waals surface area (Å²) in [6, 6.07) is 6.89. The molecule has 2 unspecified atom stereocenters. The molecule has 0 spiro atoms. The highest BCUT2D eigenvalue weighted by Crippen LogP contribution is 2.22. The van der Waals surface area contributed by atoms with E-state index in [-0.39, 0.29) is 18.3 Å². The minimum Gasteiger partial charge on any atom is -0.508 e. The summed E-state index contributed by atoms with van der Waals surface area (Å²) in [6.45, 7) is 1.77. The summed E-state index contributed by atoms with van der Waals surface area (Å²) in [5, 5.41) is 27.0. The molecule has 3 N–H and O–H groups in total. The van der Waals surface area contributed by atoms with Gasteiger partial charge in [-0.1, -0.05) is 19.1 Å². The molecule has 1 aromatic rings. The molecule has 2 atom stereocenters. The minimum absolute atomic E-state index is 0.178. The second-order valence-corrected chi connectivity index (χ2v) is 3.56. The summed E-state index contributed by atoms with van der Waals surface area (Å²) < 4.78 is 0. The molecule has 0 aliphatic rings. The molecule has 1 rings (SSSR count). The smallest absolute Gasteiger partial charge is 0.115 e. The van der Waals surface area contributed by atoms with Gasteiger partial charge in [-0.2, -0.15) is 0 Å². The van der Waals surface area contributed by atoms with Gasteiger partial charge < -0.3 is 15.3 Å². The number of hydrogen-bond donors (Lipinski definition) is 3. The van der Waals surface area contributed by atoms with E-state index in [1.807, 2.05) is 19.1 Å². The zero-order valence-electron chi connectivity index (χ0n) is 8.22. The maximum atomic E-state index is 9.24. The van der Waals surface area contributed by atoms with Gasteiger partial charge in [0.1, 0.15) is 5.75 Å². The molecule has 0 bridgehead atoms. The van der Waals surface area contributed by atoms with E-state index in [1.165, 1.54) is 0 Å². The molecule has 0 saturated heterocycles. The topological polar surface area (TPSA) is 60.7 Å². The lowest BCUT2D eigenvalue weighted by Gasteiger charge is -2.14. The third-order valence-electron chi connectivity index (χ3n) is 2.30. The first-order chi connectivity index (χ1) is 6.63. The Balaban J connectivity index is 2.60. The zero-order valence-corrected chi connectivity index (χ0v) is 8.22. The molecule has 0 aliphatic carbocycles. The number of hydrogen-bond acceptors (Lipinski definition) is 3. The number of benzene rings is 1. The van der Waals surface area contributed by atoms with Gasteiger partial charge in [0.05, 0.1) is 12.7 Å². The molecule has 0 heterocycles. The number of phenolic OH excluding ortho intramolecular Hbond substituents is 1. The van der Waals surface area contributed by atoms with Gasteiger partial charge in [-0.05, 0) is 30.0 Å². The van der Waals surface area contributed by atoms with Crippen molar-refractivity contribution in [2.24, 2.45) is 0 Å². The lowest BCUT2D eigenvalue weighted by atomic mass is 9.95. The zero-order chi connectivity index (χ0) is 10.6. The first-order valence-electron chi connectivity index (χ1n) is 4.71. The Bertz CT molecular complexity index is 268. The van der Waals surface area contributed by atoms with Gasteiger partial charge >= 0.3 is 0 Å². The van der Waals surface area contributed by atoms with Crippen LogP contribution in [0, 0.1) is 0 Å². The Morgan fingerprint density at radius 3 is 2.29 bits per heavy atom. The lowest BCUT2D eigenvalue weighted by Crippen LogP contribution is -2.14. The molecule has 0 radical (unpaired) electrons. The van der Waals surface area contributed by atoms with E-state index in [1.54, 1.807) is 12.1 Å². The lowest BCUT2D eigenvalue weighted by molar-refractivity contribution is 0.0835. The van der Waals surface area contributed by atoms with Gasteiger partial charge in [0.25, 0.3) is 0 Å². The van der Waals surface area contributed by atoms with E-state index in [0.29, 0.717) is 6.42 Å². The largest absolute Gasteiger partial charge is 0.508 e. The van der Waals surface area contributed by atoms with Crippen molar-refractivity contribution in [2.45, 2.75) is 25.4 Å². The van der Waals surface area contributed by atoms with E-state index in [4.69, 9.17) is 10.2 Å². The summed E-state index contributed by atoms with van der Waals surface area (Å²) >= 11 is 0. The number of aliphatic hydroxyl groups is 2. The van der Waals surface area contributed by atoms with Crippen LogP contribution >= 0.6 is 0 Å². The maximum absolute atomic E-state index is 9.24. The minimum atomic E-state index is -0.668. The summed E-state index contributed by atoms with van der Waals surface area (Å²) in [4.78, 5) is 0. The van der Waals surface area contributed by atoms with Crippen LogP contribution in [0.2, 0.25) is 0 Å². The summed E-state index contributed by atoms with van der Waals surface area (Å²) in [5.74, 6) is 0.418. The Hall–Kier alpha value is -1.06. The quantitative estimate of drug-likeness (QED) is 0.679. The van der Waals surface area contributed by atoms with Crippen LogP contribution in [-0.4, -0.2) is 28.0 Å². The normalized spacial score (nSPS) is 15.1. The highest BCUT2D eigenvalue weighted by molar-refractivity contribution is 5.27. The van der Waals surface area contributed by atoms with Crippen molar-refractivity contribution in [1.29, 1.82) is 0 Å². The average Bonchev–Trinajstić information content (AvgIpc) is 2.18. The van der Waals surface area contributed by atoms with Gasteiger partial charge in [-0.25, -0.2) is 0 Å². The van der Waals surface area contributed by atoms with E-state index >= 15 is 0 Å². The molecule has 0 fully saturated rings. The van der Waals surface area contributed by atoms with E-state index < -0.39 is 6.10 Å². The monoisotopic (exact) mass is 196 g/mol. The number of rotatable bonds is 4. The third-order valence-corrected chi connectivity index (χ3v) is 2.30. The maximum Gasteiger partial charge on any atom is 0.115 e. The van der Waals surface area contributed by atoms with Crippen LogP contribution in [0.4, 0.5) is 0 Å². The van der Waals surface area contributed by atoms with Crippen LogP contribution in [0.25, 0.3) is 0 Å². The Morgan fingerprint density at radius 2 is 1.79 bits per heavy atom. The fraction of sp³-hybridized carbons (Fsp3) is 0.455. The van der Waals surface area contributed by atoms with E-state index in [0.717, 1.165) is 5.56 Å². The SMILES string of the molecule is CC(CC(O)CO)c1ccc(O)cc1. The highest BCUT2D eigenvalue weighted by Gasteiger charge is 2.10. The Labute approximate surface area is 83.6 Å². The van der Waals surface area contributed by atoms with Crippen molar-refractivity contribution in [3.63, 3.8) is 0 Å². The molecule has 1 aromatic carbocycles. The molecule has 0 aliphatic heterocycles. The van der Waals surface area contributed by atoms with Crippen LogP contribution < -0.4 is 0 Å². The van der Waals surface area contributed by atoms with Crippen molar-refractivity contribution in [1.82, 2.24) is 0 Å². The molecule has 78 valence electrons. The predicted molar refractivity (Wildman–Crippen MR) is 54.2 cm³/mol. The van der Waals surface area contributed by atoms with E-state index in [9.17, 15) is 5.11 Å². The molecular formula is C11H16O3. The van der Waals surface area contributed by atoms with Gasteiger partial charge in [0.15, 0.2) is 0 Å². The average molecular weight is 196 g/mol. The van der Waals surface area contributed by atoms with Crippen molar-refractivity contribution in [3.8, 4) is 5.75 Å². The van der Waals surface area contributed by atoms with Crippen LogP contribution in [0.15, 0.2) is 24.3 Å². The van der Waals surface area contributed by atoms with Gasteiger partial charge in [0.2, 0.25) is 0 Å². The first-order valence-corrected chi connectivity index (χ1v) is 4.71. The van der Waals surface area contributed by atoms with Crippen LogP contribution in [0.5, 0.6) is 5.75 Å². The van der Waals surface area contributed by atoms with Crippen molar-refractivity contribution < 1.29 is 15.3 Å². The third kappa shape index (κ3) is 3.01. The number of aromatic hydroxyl groups is 1. The van der Waals surface area contributed by atoms with Crippen LogP contribution in [-0.2, 0) is 0 Å². The number of aliphatic hydroxyl groups excluding tert-OH is 2. The van der Waals surface area contributed by atoms with Gasteiger partial charge in [-0.15, -0.1) is 0 Å². The molecular weight excluding hydrogens is 180 g/mol. The molecule has 0 amide bonds. The predicted octanol–water partition coefficient (Wildman–Crippen LogP) is 1.24. The van der Waals surface area contributed by atoms with Crippen molar-refractivity contribution in [2.75, 3.05) is 6.61 Å². The summed E-state index contributed by atoms with van der Waals surface area (Å²) in [5.41, 5.74) is 1.05. The second kappa shape index (κ2) is 4.98. The Morgan fingerprint density at radius 1 is 1.21 bits per heavy atom. The standard InChI is InChI=1S/C11H16O3/c1-8(6-11(14)7-12)9-2-4-10(13)5-3-9/h2-5,8,11-14H,6-7H2,1H3. The molecule has 0 saturated carbocycles. The van der Waals surface area contributed by atoms with Gasteiger partial charge in [-0.3, -0.25) is 0 Å². The summed E-state index contributed by atoms with van der Waals surface area (Å²) in [7, 11) is 0. The number of phenols is 1. The molecule has 0 aromatic heterocycles. The highest BCUT2D eigenvalue weighted by atomic mass is 16.3. The first kappa shape index (κ1) is 11.0. The van der Waals surface area contributed by atoms with E-state index in [2.05, 4.69) is 0 Å². The van der Waals surface area contributed by atoms with Crippen molar-refractivity contribution in [3.05, 3.63) is 29.8 Å². The molecule has 3 heteroatoms. The van der Waals surface area contributed by atoms with Gasteiger partial charge in [0, 0.05) is 0 Å². The van der Waals surface area contributed by atoms with Crippen LogP contribution in [0.1, 0.15) is 24.8 Å². The molecule has 3 nitrogen and oxygen atoms in total. The second-order valence-electron chi connectivity index (χ2n) is 3.56. The fourth-order valence-corrected chi connectivity index (χ4v) is 1.42. The molecule has 14 heavy (non-hydrogen) atoms.